The Morgan fingerprint density at radius 1 is 1.04 bits per heavy atom. The summed E-state index contributed by atoms with van der Waals surface area (Å²) in [5.74, 6) is -0.412. The van der Waals surface area contributed by atoms with Gasteiger partial charge in [-0.05, 0) is 42.5 Å². The van der Waals surface area contributed by atoms with Crippen LogP contribution in [0.4, 0.5) is 11.4 Å². The molecule has 27 heavy (non-hydrogen) atoms. The largest absolute Gasteiger partial charge is 0.322 e. The molecule has 0 radical (unpaired) electrons. The van der Waals surface area contributed by atoms with E-state index in [4.69, 9.17) is 11.6 Å². The Kier molecular flexibility index (Phi) is 5.43. The van der Waals surface area contributed by atoms with Crippen molar-refractivity contribution in [3.05, 3.63) is 83.6 Å². The van der Waals surface area contributed by atoms with E-state index < -0.39 is 15.9 Å². The van der Waals surface area contributed by atoms with Crippen LogP contribution in [0.2, 0.25) is 5.15 Å². The molecule has 138 valence electrons. The minimum Gasteiger partial charge on any atom is -0.322 e. The second-order valence-electron chi connectivity index (χ2n) is 5.66. The number of amides is 1. The van der Waals surface area contributed by atoms with Crippen LogP contribution in [0.3, 0.4) is 0 Å². The van der Waals surface area contributed by atoms with Crippen molar-refractivity contribution >= 4 is 38.9 Å². The second kappa shape index (κ2) is 7.77. The van der Waals surface area contributed by atoms with Crippen molar-refractivity contribution < 1.29 is 13.2 Å². The third kappa shape index (κ3) is 4.27. The Hall–Kier alpha value is -2.90. The number of para-hydroxylation sites is 1. The first-order chi connectivity index (χ1) is 12.9. The van der Waals surface area contributed by atoms with Gasteiger partial charge in [-0.1, -0.05) is 35.9 Å². The number of pyridine rings is 1. The lowest BCUT2D eigenvalue weighted by Gasteiger charge is -2.19. The first kappa shape index (κ1) is 18.9. The highest BCUT2D eigenvalue weighted by molar-refractivity contribution is 7.92. The number of aromatic nitrogens is 1. The van der Waals surface area contributed by atoms with Crippen LogP contribution in [-0.2, 0) is 10.0 Å². The molecule has 1 N–H and O–H groups in total. The van der Waals surface area contributed by atoms with Gasteiger partial charge < -0.3 is 5.32 Å². The molecular weight excluding hydrogens is 386 g/mol. The number of benzene rings is 2. The number of nitrogens with one attached hydrogen (secondary N) is 1. The number of halogens is 1. The lowest BCUT2D eigenvalue weighted by atomic mass is 10.2. The molecule has 0 atom stereocenters. The molecule has 2 aromatic carbocycles. The summed E-state index contributed by atoms with van der Waals surface area (Å²) >= 11 is 5.71. The third-order valence-corrected chi connectivity index (χ3v) is 5.86. The molecule has 0 unspecified atom stereocenters. The molecule has 0 aliphatic carbocycles. The molecule has 0 saturated heterocycles. The van der Waals surface area contributed by atoms with Gasteiger partial charge in [0.2, 0.25) is 0 Å². The highest BCUT2D eigenvalue weighted by Gasteiger charge is 2.21. The zero-order valence-corrected chi connectivity index (χ0v) is 15.9. The number of carbonyl (C=O) groups excluding carboxylic acids is 1. The van der Waals surface area contributed by atoms with Crippen molar-refractivity contribution in [3.63, 3.8) is 0 Å². The number of hydrogen-bond donors (Lipinski definition) is 1. The van der Waals surface area contributed by atoms with E-state index in [0.29, 0.717) is 16.9 Å². The van der Waals surface area contributed by atoms with Crippen molar-refractivity contribution in [2.24, 2.45) is 0 Å². The molecule has 1 heterocycles. The van der Waals surface area contributed by atoms with Crippen molar-refractivity contribution in [3.8, 4) is 0 Å². The SMILES string of the molecule is CN(c1ccccc1)S(=O)(=O)c1cccc(NC(=O)c2ccc(Cl)nc2)c1. The lowest BCUT2D eigenvalue weighted by Crippen LogP contribution is -2.26. The summed E-state index contributed by atoms with van der Waals surface area (Å²) in [5, 5.41) is 2.94. The van der Waals surface area contributed by atoms with Crippen LogP contribution in [0.25, 0.3) is 0 Å². The molecule has 6 nitrogen and oxygen atoms in total. The maximum Gasteiger partial charge on any atom is 0.264 e. The summed E-state index contributed by atoms with van der Waals surface area (Å²) in [5.41, 5.74) is 1.21. The van der Waals surface area contributed by atoms with E-state index in [1.54, 1.807) is 36.4 Å². The van der Waals surface area contributed by atoms with Gasteiger partial charge in [0.05, 0.1) is 16.1 Å². The van der Waals surface area contributed by atoms with Gasteiger partial charge >= 0.3 is 0 Å². The Bertz CT molecular complexity index is 1060. The number of rotatable bonds is 5. The number of anilines is 2. The molecule has 3 aromatic rings. The molecule has 1 amide bonds. The number of carbonyl (C=O) groups is 1. The van der Waals surface area contributed by atoms with Gasteiger partial charge in [0.1, 0.15) is 5.15 Å². The van der Waals surface area contributed by atoms with Gasteiger partial charge in [-0.2, -0.15) is 0 Å². The number of nitrogens with zero attached hydrogens (tertiary/aromatic N) is 2. The molecular formula is C19H16ClN3O3S. The van der Waals surface area contributed by atoms with Gasteiger partial charge in [0.15, 0.2) is 0 Å². The van der Waals surface area contributed by atoms with E-state index >= 15 is 0 Å². The average molecular weight is 402 g/mol. The van der Waals surface area contributed by atoms with E-state index in [0.717, 1.165) is 0 Å². The van der Waals surface area contributed by atoms with Crippen LogP contribution in [0.15, 0.2) is 77.8 Å². The molecule has 3 rings (SSSR count). The monoisotopic (exact) mass is 401 g/mol. The van der Waals surface area contributed by atoms with Gasteiger partial charge in [-0.15, -0.1) is 0 Å². The smallest absolute Gasteiger partial charge is 0.264 e. The minimum atomic E-state index is -3.77. The topological polar surface area (TPSA) is 79.4 Å². The Labute approximate surface area is 162 Å². The standard InChI is InChI=1S/C19H16ClN3O3S/c1-23(16-7-3-2-4-8-16)27(25,26)17-9-5-6-15(12-17)22-19(24)14-10-11-18(20)21-13-14/h2-13H,1H3,(H,22,24). The lowest BCUT2D eigenvalue weighted by molar-refractivity contribution is 0.102. The van der Waals surface area contributed by atoms with Crippen LogP contribution in [0, 0.1) is 0 Å². The van der Waals surface area contributed by atoms with Crippen LogP contribution in [-0.4, -0.2) is 26.4 Å². The first-order valence-electron chi connectivity index (χ1n) is 7.95. The van der Waals surface area contributed by atoms with Gasteiger partial charge in [-0.3, -0.25) is 9.10 Å². The minimum absolute atomic E-state index is 0.0703. The molecule has 0 aliphatic rings. The van der Waals surface area contributed by atoms with Crippen LogP contribution in [0.1, 0.15) is 10.4 Å². The van der Waals surface area contributed by atoms with Crippen molar-refractivity contribution in [2.75, 3.05) is 16.7 Å². The number of hydrogen-bond acceptors (Lipinski definition) is 4. The van der Waals surface area contributed by atoms with Crippen molar-refractivity contribution in [1.82, 2.24) is 4.98 Å². The highest BCUT2D eigenvalue weighted by Crippen LogP contribution is 2.24. The molecule has 0 fully saturated rings. The van der Waals surface area contributed by atoms with E-state index in [1.807, 2.05) is 6.07 Å². The van der Waals surface area contributed by atoms with Gasteiger partial charge in [0, 0.05) is 18.9 Å². The maximum atomic E-state index is 12.9. The first-order valence-corrected chi connectivity index (χ1v) is 9.77. The van der Waals surface area contributed by atoms with Crippen molar-refractivity contribution in [1.29, 1.82) is 0 Å². The zero-order chi connectivity index (χ0) is 19.4. The maximum absolute atomic E-state index is 12.9. The summed E-state index contributed by atoms with van der Waals surface area (Å²) < 4.78 is 26.9. The zero-order valence-electron chi connectivity index (χ0n) is 14.3. The van der Waals surface area contributed by atoms with Crippen molar-refractivity contribution in [2.45, 2.75) is 4.90 Å². The molecule has 0 spiro atoms. The fourth-order valence-electron chi connectivity index (χ4n) is 2.38. The predicted molar refractivity (Wildman–Crippen MR) is 106 cm³/mol. The van der Waals surface area contributed by atoms with E-state index in [9.17, 15) is 13.2 Å². The summed E-state index contributed by atoms with van der Waals surface area (Å²) in [4.78, 5) is 16.2. The summed E-state index contributed by atoms with van der Waals surface area (Å²) in [6.45, 7) is 0. The highest BCUT2D eigenvalue weighted by atomic mass is 35.5. The fraction of sp³-hybridized carbons (Fsp3) is 0.0526. The van der Waals surface area contributed by atoms with Gasteiger partial charge in [-0.25, -0.2) is 13.4 Å². The third-order valence-electron chi connectivity index (χ3n) is 3.86. The second-order valence-corrected chi connectivity index (χ2v) is 8.02. The average Bonchev–Trinajstić information content (AvgIpc) is 2.68. The molecule has 0 aliphatic heterocycles. The quantitative estimate of drug-likeness (QED) is 0.659. The fourth-order valence-corrected chi connectivity index (χ4v) is 3.74. The molecule has 8 heteroatoms. The number of sulfonamides is 1. The van der Waals surface area contributed by atoms with Gasteiger partial charge in [0.25, 0.3) is 15.9 Å². The Balaban J connectivity index is 1.84. The van der Waals surface area contributed by atoms with Crippen LogP contribution in [0.5, 0.6) is 0 Å². The van der Waals surface area contributed by atoms with E-state index in [-0.39, 0.29) is 10.0 Å². The van der Waals surface area contributed by atoms with Crippen LogP contribution < -0.4 is 9.62 Å². The molecule has 0 bridgehead atoms. The molecule has 0 saturated carbocycles. The summed E-state index contributed by atoms with van der Waals surface area (Å²) in [6, 6.07) is 17.9. The normalized spacial score (nSPS) is 11.0. The molecule has 1 aromatic heterocycles. The van der Waals surface area contributed by atoms with E-state index in [1.165, 1.54) is 41.8 Å². The van der Waals surface area contributed by atoms with Crippen LogP contribution >= 0.6 is 11.6 Å². The Morgan fingerprint density at radius 3 is 2.44 bits per heavy atom. The predicted octanol–water partition coefficient (Wildman–Crippen LogP) is 3.81. The Morgan fingerprint density at radius 2 is 1.78 bits per heavy atom. The summed E-state index contributed by atoms with van der Waals surface area (Å²) in [6.07, 6.45) is 1.35. The van der Waals surface area contributed by atoms with E-state index in [2.05, 4.69) is 10.3 Å². The summed E-state index contributed by atoms with van der Waals surface area (Å²) in [7, 11) is -2.29.